The molecule has 0 aliphatic carbocycles. The van der Waals surface area contributed by atoms with Gasteiger partial charge in [-0.15, -0.1) is 0 Å². The largest absolute Gasteiger partial charge is 0.457 e. The predicted molar refractivity (Wildman–Crippen MR) is 155 cm³/mol. The van der Waals surface area contributed by atoms with Gasteiger partial charge in [0, 0.05) is 12.7 Å². The van der Waals surface area contributed by atoms with Gasteiger partial charge in [0.05, 0.1) is 11.4 Å². The van der Waals surface area contributed by atoms with Crippen molar-refractivity contribution in [1.82, 2.24) is 19.1 Å². The number of ether oxygens (including phenoxy) is 2. The van der Waals surface area contributed by atoms with E-state index in [1.807, 2.05) is 43.3 Å². The lowest BCUT2D eigenvalue weighted by Crippen LogP contribution is -2.34. The van der Waals surface area contributed by atoms with Crippen LogP contribution in [0.1, 0.15) is 26.3 Å². The third-order valence-corrected chi connectivity index (χ3v) is 6.18. The smallest absolute Gasteiger partial charge is 0.414 e. The third-order valence-electron chi connectivity index (χ3n) is 6.18. The van der Waals surface area contributed by atoms with Gasteiger partial charge in [0.2, 0.25) is 0 Å². The number of hydrogen-bond donors (Lipinski definition) is 1. The van der Waals surface area contributed by atoms with E-state index in [1.54, 1.807) is 64.2 Å². The summed E-state index contributed by atoms with van der Waals surface area (Å²) in [4.78, 5) is 36.7. The number of aromatic nitrogens is 4. The highest BCUT2D eigenvalue weighted by Gasteiger charge is 2.24. The molecule has 10 nitrogen and oxygen atoms in total. The van der Waals surface area contributed by atoms with Gasteiger partial charge in [0.15, 0.2) is 11.5 Å². The van der Waals surface area contributed by atoms with E-state index < -0.39 is 11.7 Å². The van der Waals surface area contributed by atoms with Crippen LogP contribution in [0.4, 0.5) is 16.3 Å². The lowest BCUT2D eigenvalue weighted by Gasteiger charge is -2.25. The molecule has 0 saturated carbocycles. The summed E-state index contributed by atoms with van der Waals surface area (Å²) in [5.74, 6) is 1.50. The van der Waals surface area contributed by atoms with Crippen LogP contribution >= 0.6 is 0 Å². The van der Waals surface area contributed by atoms with Gasteiger partial charge < -0.3 is 15.2 Å². The van der Waals surface area contributed by atoms with E-state index in [1.165, 1.54) is 20.4 Å². The highest BCUT2D eigenvalue weighted by molar-refractivity contribution is 5.88. The Labute approximate surface area is 231 Å². The second-order valence-electron chi connectivity index (χ2n) is 10.3. The van der Waals surface area contributed by atoms with Crippen LogP contribution in [-0.4, -0.2) is 37.8 Å². The molecule has 0 atom stereocenters. The lowest BCUT2D eigenvalue weighted by atomic mass is 10.2. The van der Waals surface area contributed by atoms with E-state index in [4.69, 9.17) is 15.2 Å². The van der Waals surface area contributed by atoms with Crippen molar-refractivity contribution in [2.24, 2.45) is 0 Å². The molecule has 0 spiro atoms. The maximum absolute atomic E-state index is 14.0. The molecular weight excluding hydrogens is 508 g/mol. The summed E-state index contributed by atoms with van der Waals surface area (Å²) in [6, 6.07) is 21.9. The topological polar surface area (TPSA) is 118 Å². The van der Waals surface area contributed by atoms with Gasteiger partial charge in [0.25, 0.3) is 0 Å². The molecule has 0 aliphatic heterocycles. The van der Waals surface area contributed by atoms with Crippen LogP contribution in [-0.2, 0) is 4.74 Å². The molecule has 40 heavy (non-hydrogen) atoms. The Morgan fingerprint density at radius 1 is 0.925 bits per heavy atom. The Kier molecular flexibility index (Phi) is 6.76. The number of nitrogens with zero attached hydrogens (tertiary/aromatic N) is 5. The minimum Gasteiger partial charge on any atom is -0.457 e. The van der Waals surface area contributed by atoms with E-state index >= 15 is 0 Å². The first kappa shape index (κ1) is 26.5. The van der Waals surface area contributed by atoms with Crippen molar-refractivity contribution >= 4 is 28.8 Å². The fourth-order valence-corrected chi connectivity index (χ4v) is 4.35. The summed E-state index contributed by atoms with van der Waals surface area (Å²) in [6.07, 6.45) is 0.803. The second-order valence-corrected chi connectivity index (χ2v) is 10.3. The Balaban J connectivity index is 1.61. The number of fused-ring (bicyclic) bond motifs is 1. The number of rotatable bonds is 5. The van der Waals surface area contributed by atoms with E-state index in [-0.39, 0.29) is 11.5 Å². The average Bonchev–Trinajstić information content (AvgIpc) is 3.21. The summed E-state index contributed by atoms with van der Waals surface area (Å²) < 4.78 is 14.4. The highest BCUT2D eigenvalue weighted by atomic mass is 16.6. The number of carbonyl (C=O) groups excluding carboxylic acids is 1. The molecule has 2 N–H and O–H groups in total. The van der Waals surface area contributed by atoms with Crippen LogP contribution in [0, 0.1) is 6.92 Å². The van der Waals surface area contributed by atoms with Crippen LogP contribution in [0.3, 0.4) is 0 Å². The Morgan fingerprint density at radius 3 is 2.38 bits per heavy atom. The van der Waals surface area contributed by atoms with Gasteiger partial charge in [0.1, 0.15) is 28.9 Å². The minimum atomic E-state index is -0.651. The molecule has 0 aliphatic rings. The number of nitrogen functional groups attached to an aromatic ring is 1. The lowest BCUT2D eigenvalue weighted by molar-refractivity contribution is 0.0589. The van der Waals surface area contributed by atoms with E-state index in [0.29, 0.717) is 39.7 Å². The molecule has 2 heterocycles. The molecule has 0 unspecified atom stereocenters. The number of hydrogen-bond acceptors (Lipinski definition) is 7. The number of anilines is 2. The molecule has 10 heteroatoms. The Bertz CT molecular complexity index is 1770. The second kappa shape index (κ2) is 10.2. The molecule has 0 fully saturated rings. The van der Waals surface area contributed by atoms with Crippen LogP contribution in [0.2, 0.25) is 0 Å². The first-order chi connectivity index (χ1) is 19.0. The number of benzene rings is 3. The van der Waals surface area contributed by atoms with Crippen molar-refractivity contribution in [1.29, 1.82) is 0 Å². The number of aryl methyl sites for hydroxylation is 1. The van der Waals surface area contributed by atoms with Gasteiger partial charge in [-0.1, -0.05) is 24.3 Å². The third kappa shape index (κ3) is 5.11. The maximum atomic E-state index is 14.0. The van der Waals surface area contributed by atoms with Crippen molar-refractivity contribution < 1.29 is 14.3 Å². The Morgan fingerprint density at radius 2 is 1.68 bits per heavy atom. The van der Waals surface area contributed by atoms with Gasteiger partial charge in [-0.25, -0.2) is 24.1 Å². The molecule has 2 aromatic heterocycles. The minimum absolute atomic E-state index is 0.159. The number of para-hydroxylation sites is 1. The number of imidazole rings is 1. The molecule has 1 amide bonds. The van der Waals surface area contributed by atoms with Gasteiger partial charge in [-0.3, -0.25) is 9.47 Å². The van der Waals surface area contributed by atoms with E-state index in [9.17, 15) is 9.59 Å². The zero-order valence-corrected chi connectivity index (χ0v) is 23.0. The fraction of sp³-hybridized carbons (Fsp3) is 0.200. The van der Waals surface area contributed by atoms with Crippen molar-refractivity contribution in [2.75, 3.05) is 17.7 Å². The monoisotopic (exact) mass is 538 g/mol. The SMILES string of the molecule is Cc1cc(Oc2ccccc2)ccc1-n1c(=O)n(-c2cccc(N(C)C(=O)OC(C)(C)C)c2)c2ncnc(N)c21. The summed E-state index contributed by atoms with van der Waals surface area (Å²) in [7, 11) is 1.61. The molecule has 3 aromatic carbocycles. The molecule has 5 rings (SSSR count). The molecular formula is C30H30N6O4. The normalized spacial score (nSPS) is 11.4. The standard InChI is InChI=1S/C30H30N6O4/c1-19-16-23(39-22-12-7-6-8-13-22)14-15-24(19)36-25-26(31)32-18-33-27(25)35(28(36)37)21-11-9-10-20(17-21)34(5)29(38)40-30(2,3)4/h6-18H,1-5H3,(H2,31,32,33). The molecule has 0 saturated heterocycles. The summed E-state index contributed by atoms with van der Waals surface area (Å²) in [5, 5.41) is 0. The van der Waals surface area contributed by atoms with Gasteiger partial charge in [-0.05, 0) is 81.8 Å². The molecule has 0 bridgehead atoms. The van der Waals surface area contributed by atoms with E-state index in [2.05, 4.69) is 9.97 Å². The predicted octanol–water partition coefficient (Wildman–Crippen LogP) is 5.63. The quantitative estimate of drug-likeness (QED) is 0.308. The summed E-state index contributed by atoms with van der Waals surface area (Å²) >= 11 is 0. The van der Waals surface area contributed by atoms with Crippen LogP contribution < -0.4 is 21.1 Å². The fourth-order valence-electron chi connectivity index (χ4n) is 4.35. The zero-order chi connectivity index (χ0) is 28.6. The number of nitrogens with two attached hydrogens (primary N) is 1. The van der Waals surface area contributed by atoms with Crippen molar-refractivity contribution in [3.63, 3.8) is 0 Å². The van der Waals surface area contributed by atoms with Crippen molar-refractivity contribution in [3.8, 4) is 22.9 Å². The number of amides is 1. The van der Waals surface area contributed by atoms with Crippen LogP contribution in [0.15, 0.2) is 83.9 Å². The van der Waals surface area contributed by atoms with Gasteiger partial charge in [-0.2, -0.15) is 0 Å². The van der Waals surface area contributed by atoms with Crippen LogP contribution in [0.25, 0.3) is 22.5 Å². The van der Waals surface area contributed by atoms with Gasteiger partial charge >= 0.3 is 11.8 Å². The molecule has 204 valence electrons. The van der Waals surface area contributed by atoms with Crippen LogP contribution in [0.5, 0.6) is 11.5 Å². The Hall–Kier alpha value is -5.12. The number of carbonyl (C=O) groups is 1. The highest BCUT2D eigenvalue weighted by Crippen LogP contribution is 2.29. The summed E-state index contributed by atoms with van der Waals surface area (Å²) in [5.41, 5.74) is 8.40. The summed E-state index contributed by atoms with van der Waals surface area (Å²) in [6.45, 7) is 7.29. The van der Waals surface area contributed by atoms with E-state index in [0.717, 1.165) is 5.56 Å². The zero-order valence-electron chi connectivity index (χ0n) is 23.0. The maximum Gasteiger partial charge on any atom is 0.414 e. The first-order valence-electron chi connectivity index (χ1n) is 12.7. The first-order valence-corrected chi connectivity index (χ1v) is 12.7. The van der Waals surface area contributed by atoms with Crippen molar-refractivity contribution in [3.05, 3.63) is 95.2 Å². The average molecular weight is 539 g/mol. The van der Waals surface area contributed by atoms with Crippen molar-refractivity contribution in [2.45, 2.75) is 33.3 Å². The molecule has 0 radical (unpaired) electrons. The molecule has 5 aromatic rings.